The fraction of sp³-hybridized carbons (Fsp3) is 0.238. The summed E-state index contributed by atoms with van der Waals surface area (Å²) in [5.41, 5.74) is 1.94. The first-order chi connectivity index (χ1) is 12.4. The van der Waals surface area contributed by atoms with E-state index in [9.17, 15) is 9.59 Å². The molecule has 0 aliphatic heterocycles. The van der Waals surface area contributed by atoms with Crippen LogP contribution in [0.2, 0.25) is 0 Å². The standard InChI is InChI=1S/C21H23NO4/c1-14(2)26-19-10-8-16(12-20(19)25-4)9-11-21(24)22-18-7-5-6-17(13-18)15(3)23/h5-14H,1-4H3,(H,22,24). The Balaban J connectivity index is 2.08. The lowest BCUT2D eigenvalue weighted by molar-refractivity contribution is -0.111. The van der Waals surface area contributed by atoms with Gasteiger partial charge in [0.2, 0.25) is 5.91 Å². The third-order valence-corrected chi connectivity index (χ3v) is 3.51. The van der Waals surface area contributed by atoms with Crippen molar-refractivity contribution in [1.82, 2.24) is 0 Å². The van der Waals surface area contributed by atoms with Crippen LogP contribution in [-0.2, 0) is 4.79 Å². The predicted molar refractivity (Wildman–Crippen MR) is 103 cm³/mol. The quantitative estimate of drug-likeness (QED) is 0.594. The topological polar surface area (TPSA) is 64.6 Å². The number of hydrogen-bond donors (Lipinski definition) is 1. The number of methoxy groups -OCH3 is 1. The van der Waals surface area contributed by atoms with Crippen molar-refractivity contribution < 1.29 is 19.1 Å². The van der Waals surface area contributed by atoms with E-state index >= 15 is 0 Å². The molecule has 0 radical (unpaired) electrons. The zero-order valence-electron chi connectivity index (χ0n) is 15.4. The van der Waals surface area contributed by atoms with Gasteiger partial charge in [0.15, 0.2) is 17.3 Å². The summed E-state index contributed by atoms with van der Waals surface area (Å²) < 4.78 is 11.0. The molecule has 0 fully saturated rings. The van der Waals surface area contributed by atoms with Crippen LogP contribution < -0.4 is 14.8 Å². The van der Waals surface area contributed by atoms with Crippen molar-refractivity contribution in [2.45, 2.75) is 26.9 Å². The number of rotatable bonds is 7. The maximum absolute atomic E-state index is 12.1. The number of ketones is 1. The molecule has 26 heavy (non-hydrogen) atoms. The Kier molecular flexibility index (Phi) is 6.55. The van der Waals surface area contributed by atoms with Crippen LogP contribution in [0.15, 0.2) is 48.5 Å². The van der Waals surface area contributed by atoms with Crippen molar-refractivity contribution in [3.05, 3.63) is 59.7 Å². The Morgan fingerprint density at radius 2 is 1.85 bits per heavy atom. The smallest absolute Gasteiger partial charge is 0.248 e. The molecule has 5 nitrogen and oxygen atoms in total. The van der Waals surface area contributed by atoms with Gasteiger partial charge in [-0.25, -0.2) is 0 Å². The van der Waals surface area contributed by atoms with Crippen LogP contribution in [0.1, 0.15) is 36.7 Å². The number of carbonyl (C=O) groups is 2. The van der Waals surface area contributed by atoms with Crippen LogP contribution in [0.3, 0.4) is 0 Å². The van der Waals surface area contributed by atoms with Crippen LogP contribution in [0.25, 0.3) is 6.08 Å². The van der Waals surface area contributed by atoms with Gasteiger partial charge < -0.3 is 14.8 Å². The van der Waals surface area contributed by atoms with E-state index in [0.717, 1.165) is 5.56 Å². The van der Waals surface area contributed by atoms with Gasteiger partial charge in [-0.2, -0.15) is 0 Å². The molecule has 2 rings (SSSR count). The molecule has 0 atom stereocenters. The van der Waals surface area contributed by atoms with Gasteiger partial charge in [0, 0.05) is 17.3 Å². The molecule has 0 saturated heterocycles. The van der Waals surface area contributed by atoms with E-state index in [-0.39, 0.29) is 17.8 Å². The first-order valence-corrected chi connectivity index (χ1v) is 8.34. The predicted octanol–water partition coefficient (Wildman–Crippen LogP) is 4.34. The number of ether oxygens (including phenoxy) is 2. The summed E-state index contributed by atoms with van der Waals surface area (Å²) in [5, 5.41) is 2.74. The highest BCUT2D eigenvalue weighted by atomic mass is 16.5. The third-order valence-electron chi connectivity index (χ3n) is 3.51. The van der Waals surface area contributed by atoms with Crippen LogP contribution in [0.4, 0.5) is 5.69 Å². The lowest BCUT2D eigenvalue weighted by atomic mass is 10.1. The number of anilines is 1. The second kappa shape index (κ2) is 8.85. The average Bonchev–Trinajstić information content (AvgIpc) is 2.60. The van der Waals surface area contributed by atoms with Gasteiger partial charge >= 0.3 is 0 Å². The Bertz CT molecular complexity index is 825. The fourth-order valence-electron chi connectivity index (χ4n) is 2.31. The molecule has 0 saturated carbocycles. The largest absolute Gasteiger partial charge is 0.493 e. The summed E-state index contributed by atoms with van der Waals surface area (Å²) in [6.45, 7) is 5.37. The van der Waals surface area contributed by atoms with Crippen LogP contribution in [0.5, 0.6) is 11.5 Å². The van der Waals surface area contributed by atoms with Crippen molar-refractivity contribution in [2.75, 3.05) is 12.4 Å². The number of nitrogens with one attached hydrogen (secondary N) is 1. The lowest BCUT2D eigenvalue weighted by Crippen LogP contribution is -2.08. The highest BCUT2D eigenvalue weighted by molar-refractivity contribution is 6.03. The number of benzene rings is 2. The van der Waals surface area contributed by atoms with E-state index in [1.807, 2.05) is 26.0 Å². The zero-order chi connectivity index (χ0) is 19.1. The highest BCUT2D eigenvalue weighted by Crippen LogP contribution is 2.29. The van der Waals surface area contributed by atoms with E-state index in [4.69, 9.17) is 9.47 Å². The normalized spacial score (nSPS) is 10.8. The first kappa shape index (κ1) is 19.2. The SMILES string of the molecule is COc1cc(C=CC(=O)Nc2cccc(C(C)=O)c2)ccc1OC(C)C. The maximum atomic E-state index is 12.1. The van der Waals surface area contributed by atoms with Gasteiger partial charge in [-0.1, -0.05) is 18.2 Å². The molecule has 1 N–H and O–H groups in total. The van der Waals surface area contributed by atoms with Crippen molar-refractivity contribution in [3.8, 4) is 11.5 Å². The van der Waals surface area contributed by atoms with Gasteiger partial charge in [-0.15, -0.1) is 0 Å². The number of hydrogen-bond acceptors (Lipinski definition) is 4. The maximum Gasteiger partial charge on any atom is 0.248 e. The minimum Gasteiger partial charge on any atom is -0.493 e. The second-order valence-corrected chi connectivity index (χ2v) is 6.04. The number of Topliss-reactive ketones (excluding diaryl/α,β-unsaturated/α-hetero) is 1. The Morgan fingerprint density at radius 1 is 1.08 bits per heavy atom. The van der Waals surface area contributed by atoms with E-state index in [1.165, 1.54) is 13.0 Å². The van der Waals surface area contributed by atoms with Gasteiger partial charge in [0.1, 0.15) is 0 Å². The van der Waals surface area contributed by atoms with Crippen molar-refractivity contribution >= 4 is 23.5 Å². The summed E-state index contributed by atoms with van der Waals surface area (Å²) in [7, 11) is 1.57. The van der Waals surface area contributed by atoms with Gasteiger partial charge in [0.05, 0.1) is 13.2 Å². The molecular formula is C21H23NO4. The van der Waals surface area contributed by atoms with E-state index in [2.05, 4.69) is 5.32 Å². The summed E-state index contributed by atoms with van der Waals surface area (Å²) in [6.07, 6.45) is 3.16. The summed E-state index contributed by atoms with van der Waals surface area (Å²) in [5.74, 6) is 0.931. The van der Waals surface area contributed by atoms with Crippen molar-refractivity contribution in [1.29, 1.82) is 0 Å². The average molecular weight is 353 g/mol. The summed E-state index contributed by atoms with van der Waals surface area (Å²) in [4.78, 5) is 23.5. The molecule has 0 heterocycles. The van der Waals surface area contributed by atoms with E-state index in [0.29, 0.717) is 22.7 Å². The van der Waals surface area contributed by atoms with Crippen molar-refractivity contribution in [2.24, 2.45) is 0 Å². The molecule has 2 aromatic carbocycles. The van der Waals surface area contributed by atoms with Crippen LogP contribution in [0, 0.1) is 0 Å². The minimum absolute atomic E-state index is 0.0434. The summed E-state index contributed by atoms with van der Waals surface area (Å²) >= 11 is 0. The monoisotopic (exact) mass is 353 g/mol. The lowest BCUT2D eigenvalue weighted by Gasteiger charge is -2.13. The second-order valence-electron chi connectivity index (χ2n) is 6.04. The van der Waals surface area contributed by atoms with E-state index < -0.39 is 0 Å². The molecule has 0 spiro atoms. The van der Waals surface area contributed by atoms with Gasteiger partial charge in [-0.3, -0.25) is 9.59 Å². The molecule has 0 aromatic heterocycles. The number of carbonyl (C=O) groups excluding carboxylic acids is 2. The molecule has 0 bridgehead atoms. The van der Waals surface area contributed by atoms with Crippen LogP contribution >= 0.6 is 0 Å². The Labute approximate surface area is 153 Å². The van der Waals surface area contributed by atoms with Gasteiger partial charge in [0.25, 0.3) is 0 Å². The van der Waals surface area contributed by atoms with Gasteiger partial charge in [-0.05, 0) is 56.7 Å². The molecule has 0 unspecified atom stereocenters. The van der Waals surface area contributed by atoms with Crippen molar-refractivity contribution in [3.63, 3.8) is 0 Å². The highest BCUT2D eigenvalue weighted by Gasteiger charge is 2.07. The van der Waals surface area contributed by atoms with E-state index in [1.54, 1.807) is 43.5 Å². The molecule has 0 aliphatic rings. The molecule has 0 aliphatic carbocycles. The molecule has 5 heteroatoms. The zero-order valence-corrected chi connectivity index (χ0v) is 15.4. The number of amides is 1. The molecule has 1 amide bonds. The molecular weight excluding hydrogens is 330 g/mol. The molecule has 2 aromatic rings. The first-order valence-electron chi connectivity index (χ1n) is 8.34. The Hall–Kier alpha value is -3.08. The minimum atomic E-state index is -0.285. The third kappa shape index (κ3) is 5.48. The van der Waals surface area contributed by atoms with Crippen LogP contribution in [-0.4, -0.2) is 24.9 Å². The fourth-order valence-corrected chi connectivity index (χ4v) is 2.31. The Morgan fingerprint density at radius 3 is 2.50 bits per heavy atom. The molecule has 136 valence electrons. The summed E-state index contributed by atoms with van der Waals surface area (Å²) in [6, 6.07) is 12.3.